The van der Waals surface area contributed by atoms with Crippen LogP contribution in [-0.4, -0.2) is 135 Å². The van der Waals surface area contributed by atoms with Crippen LogP contribution >= 0.6 is 0 Å². The highest BCUT2D eigenvalue weighted by molar-refractivity contribution is 6.13. The maximum absolute atomic E-state index is 13.9. The van der Waals surface area contributed by atoms with Crippen molar-refractivity contribution in [3.05, 3.63) is 190 Å². The van der Waals surface area contributed by atoms with Crippen molar-refractivity contribution in [1.29, 1.82) is 0 Å². The van der Waals surface area contributed by atoms with E-state index in [1.165, 1.54) is 53.5 Å². The van der Waals surface area contributed by atoms with Gasteiger partial charge in [0, 0.05) is 112 Å². The summed E-state index contributed by atoms with van der Waals surface area (Å²) in [7, 11) is 0. The number of nitrogens with one attached hydrogen (secondary N) is 4. The van der Waals surface area contributed by atoms with E-state index in [0.29, 0.717) is 93.4 Å². The Hall–Kier alpha value is -11.8. The van der Waals surface area contributed by atoms with Crippen molar-refractivity contribution < 1.29 is 72.2 Å². The topological polar surface area (TPSA) is 453 Å². The molecular weight excluding hydrogens is 1310 g/mol. The summed E-state index contributed by atoms with van der Waals surface area (Å²) in [6, 6.07) is 34.9. The van der Waals surface area contributed by atoms with Gasteiger partial charge in [-0.05, 0) is 123 Å². The number of benzene rings is 5. The minimum Gasteiger partial charge on any atom is -0.429 e. The Morgan fingerprint density at radius 3 is 1.28 bits per heavy atom. The summed E-state index contributed by atoms with van der Waals surface area (Å²) < 4.78 is 10.2. The lowest BCUT2D eigenvalue weighted by Gasteiger charge is -2.22. The lowest BCUT2D eigenvalue weighted by Crippen LogP contribution is -2.43. The molecule has 102 heavy (non-hydrogen) atoms. The molecule has 0 aromatic heterocycles. The molecule has 0 fully saturated rings. The van der Waals surface area contributed by atoms with Crippen LogP contribution in [0.25, 0.3) is 0 Å². The molecule has 0 aliphatic carbocycles. The first kappa shape index (κ1) is 79.2. The van der Waals surface area contributed by atoms with Crippen LogP contribution in [0.2, 0.25) is 0 Å². The highest BCUT2D eigenvalue weighted by Gasteiger charge is 2.31. The van der Waals surface area contributed by atoms with Gasteiger partial charge in [0.2, 0.25) is 23.6 Å². The minimum atomic E-state index is -1.01. The van der Waals surface area contributed by atoms with Crippen molar-refractivity contribution in [2.75, 3.05) is 36.8 Å². The molecule has 2 aliphatic heterocycles. The number of imide groups is 2. The second kappa shape index (κ2) is 42.3. The number of carbonyl (C=O) groups excluding carboxylic acids is 11. The zero-order valence-corrected chi connectivity index (χ0v) is 56.5. The molecule has 2 heterocycles. The third kappa shape index (κ3) is 28.6. The fraction of sp³-hybridized carbons (Fsp3) is 0.356. The van der Waals surface area contributed by atoms with Crippen molar-refractivity contribution in [3.8, 4) is 5.75 Å². The smallest absolute Gasteiger partial charge is 0.429 e. The Labute approximate surface area is 589 Å². The molecule has 7 rings (SSSR count). The average Bonchev–Trinajstić information content (AvgIpc) is 1.07. The number of amides is 8. The molecule has 0 bridgehead atoms. The average molecular weight is 1400 g/mol. The zero-order chi connectivity index (χ0) is 73.8. The number of anilines is 2. The van der Waals surface area contributed by atoms with Crippen molar-refractivity contribution in [3.63, 3.8) is 0 Å². The van der Waals surface area contributed by atoms with Gasteiger partial charge in [-0.15, -0.1) is 0 Å². The van der Waals surface area contributed by atoms with E-state index >= 15 is 0 Å². The van der Waals surface area contributed by atoms with Gasteiger partial charge in [0.25, 0.3) is 29.3 Å². The molecule has 0 radical (unpaired) electrons. The van der Waals surface area contributed by atoms with Crippen LogP contribution in [0.15, 0.2) is 168 Å². The van der Waals surface area contributed by atoms with Gasteiger partial charge in [-0.2, -0.15) is 0 Å². The fourth-order valence-corrected chi connectivity index (χ4v) is 10.8. The number of nitro groups is 1. The fourth-order valence-electron chi connectivity index (χ4n) is 10.8. The number of hydrogen-bond acceptors (Lipinski definition) is 18. The second-order valence-electron chi connectivity index (χ2n) is 24.1. The van der Waals surface area contributed by atoms with Crippen LogP contribution in [0.4, 0.5) is 21.9 Å². The summed E-state index contributed by atoms with van der Waals surface area (Å²) in [6.07, 6.45) is 9.21. The van der Waals surface area contributed by atoms with Gasteiger partial charge >= 0.3 is 6.16 Å². The molecule has 29 nitrogen and oxygen atoms in total. The van der Waals surface area contributed by atoms with Gasteiger partial charge in [0.1, 0.15) is 12.4 Å². The predicted octanol–water partition coefficient (Wildman–Crippen LogP) is 6.05. The summed E-state index contributed by atoms with van der Waals surface area (Å²) in [5.74, 6) is -4.98. The molecule has 2 aliphatic rings. The van der Waals surface area contributed by atoms with E-state index in [0.717, 1.165) is 16.0 Å². The monoisotopic (exact) mass is 1400 g/mol. The number of ether oxygens (including phenoxy) is 2. The number of guanidine groups is 2. The van der Waals surface area contributed by atoms with E-state index in [4.69, 9.17) is 32.4 Å². The minimum absolute atomic E-state index is 0.0586. The Bertz CT molecular complexity index is 3770. The maximum Gasteiger partial charge on any atom is 0.514 e. The van der Waals surface area contributed by atoms with E-state index in [-0.39, 0.29) is 148 Å². The molecule has 13 N–H and O–H groups in total. The number of aliphatic hydroxyl groups is 1. The Morgan fingerprint density at radius 1 is 0.500 bits per heavy atom. The number of nitrogens with two attached hydrogens (primary N) is 4. The molecule has 0 saturated carbocycles. The highest BCUT2D eigenvalue weighted by atomic mass is 16.7. The van der Waals surface area contributed by atoms with Crippen molar-refractivity contribution >= 4 is 94.0 Å². The SMILES string of the molecule is NC(N)=NCCC[C@H](CC(=O)[C@H](Cc1ccccc1)NC(=O)CCCCCN1C(=O)C=CC1=O)C(=O)Nc1ccc(CO)cc1.NC(N)=NCCC[C@H](CC(=O)[C@H](Cc1ccccc1)NC(=O)CCCCCN1C(=O)C=CC1=O)C(=O)Nc1ccc(COC(=O)Oc2ccc([N+](=O)[O-])cc2)cc1. The second-order valence-corrected chi connectivity index (χ2v) is 24.1. The Morgan fingerprint density at radius 2 is 0.902 bits per heavy atom. The van der Waals surface area contributed by atoms with E-state index in [1.54, 1.807) is 48.5 Å². The number of aliphatic imine (C=N–C) groups is 2. The summed E-state index contributed by atoms with van der Waals surface area (Å²) >= 11 is 0. The summed E-state index contributed by atoms with van der Waals surface area (Å²) in [6.45, 7) is 0.808. The molecule has 540 valence electrons. The first-order chi connectivity index (χ1) is 49.0. The number of aliphatic hydroxyl groups excluding tert-OH is 1. The Kier molecular flexibility index (Phi) is 32.8. The molecule has 0 unspecified atom stereocenters. The largest absolute Gasteiger partial charge is 0.514 e. The van der Waals surface area contributed by atoms with Crippen molar-refractivity contribution in [2.45, 2.75) is 128 Å². The number of carbonyl (C=O) groups is 11. The molecule has 0 saturated heterocycles. The number of nitro benzene ring substituents is 1. The van der Waals surface area contributed by atoms with Gasteiger partial charge in [-0.25, -0.2) is 4.79 Å². The maximum atomic E-state index is 13.9. The van der Waals surface area contributed by atoms with Gasteiger partial charge in [0.15, 0.2) is 23.5 Å². The number of unbranched alkanes of at least 4 members (excludes halogenated alkanes) is 4. The quantitative estimate of drug-likeness (QED) is 0.00314. The molecular formula is C73H87N13O16. The number of rotatable bonds is 41. The number of ketones is 2. The first-order valence-corrected chi connectivity index (χ1v) is 33.4. The van der Waals surface area contributed by atoms with Crippen LogP contribution < -0.4 is 48.9 Å². The van der Waals surface area contributed by atoms with Crippen molar-refractivity contribution in [2.24, 2.45) is 44.8 Å². The van der Waals surface area contributed by atoms with E-state index < -0.39 is 40.9 Å². The number of non-ortho nitro benzene ring substituents is 1. The zero-order valence-electron chi connectivity index (χ0n) is 56.5. The van der Waals surface area contributed by atoms with Crippen LogP contribution in [0.1, 0.15) is 112 Å². The van der Waals surface area contributed by atoms with Crippen LogP contribution in [0.3, 0.4) is 0 Å². The van der Waals surface area contributed by atoms with Gasteiger partial charge < -0.3 is 58.8 Å². The van der Waals surface area contributed by atoms with Crippen LogP contribution in [0.5, 0.6) is 5.75 Å². The number of nitrogens with zero attached hydrogens (tertiary/aromatic N) is 5. The lowest BCUT2D eigenvalue weighted by atomic mass is 9.91. The Balaban J connectivity index is 0.000000330. The van der Waals surface area contributed by atoms with E-state index in [9.17, 15) is 68.0 Å². The lowest BCUT2D eigenvalue weighted by molar-refractivity contribution is -0.384. The molecule has 5 aromatic rings. The van der Waals surface area contributed by atoms with Gasteiger partial charge in [-0.1, -0.05) is 97.8 Å². The molecule has 8 amide bonds. The van der Waals surface area contributed by atoms with E-state index in [2.05, 4.69) is 31.3 Å². The molecule has 29 heteroatoms. The number of hydrogen-bond donors (Lipinski definition) is 9. The van der Waals surface area contributed by atoms with Gasteiger partial charge in [-0.3, -0.25) is 77.8 Å². The molecule has 4 atom stereocenters. The van der Waals surface area contributed by atoms with Crippen LogP contribution in [-0.2, 0) is 78.7 Å². The highest BCUT2D eigenvalue weighted by Crippen LogP contribution is 2.24. The summed E-state index contributed by atoms with van der Waals surface area (Å²) in [4.78, 5) is 160. The first-order valence-electron chi connectivity index (χ1n) is 33.4. The summed E-state index contributed by atoms with van der Waals surface area (Å²) in [5, 5.41) is 31.5. The molecule has 0 spiro atoms. The third-order valence-electron chi connectivity index (χ3n) is 16.3. The standard InChI is InChI=1S/C40H45N7O10.C33H42N6O6/c41-39(42)43-22-7-10-29(38(52)44-30-14-12-28(13-15-30)26-56-40(53)57-32-18-16-31(17-19-32)47(54)55)25-34(48)33(24-27-8-3-1-4-9-27)45-35(49)11-5-2-6-23-46-36(50)20-21-37(46)51;34-33(35)36-18-7-10-25(32(45)37-26-14-12-24(22-40)13-15-26)21-28(41)27(20-23-8-3-1-4-9-23)38-29(42)11-5-2-6-19-39-30(43)16-17-31(39)44/h1,3-4,8-9,12-21,29,33H,2,5-7,10-11,22-26H2,(H,44,52)(H,45,49)(H4,41,42,43);1,3-4,8-9,12-17,25,27,40H,2,5-7,10-11,18-22H2,(H,37,45)(H,38,42)(H4,34,35,36)/t29-,33+;25-,27+/m11/s1. The predicted molar refractivity (Wildman–Crippen MR) is 379 cm³/mol. The van der Waals surface area contributed by atoms with E-state index in [1.807, 2.05) is 60.7 Å². The normalized spacial score (nSPS) is 13.3. The molecule has 5 aromatic carbocycles. The van der Waals surface area contributed by atoms with Crippen LogP contribution in [0, 0.1) is 22.0 Å². The van der Waals surface area contributed by atoms with Gasteiger partial charge in [0.05, 0.1) is 23.6 Å². The summed E-state index contributed by atoms with van der Waals surface area (Å²) in [5.41, 5.74) is 25.6. The van der Waals surface area contributed by atoms with Crippen molar-refractivity contribution in [1.82, 2.24) is 20.4 Å². The third-order valence-corrected chi connectivity index (χ3v) is 16.3. The number of Topliss-reactive ketones (excluding diaryl/α,β-unsaturated/α-hetero) is 2.